The molecular weight excluding hydrogens is 294 g/mol. The second-order valence-electron chi connectivity index (χ2n) is 4.78. The molecule has 2 aromatic rings. The van der Waals surface area contributed by atoms with Crippen LogP contribution in [0.2, 0.25) is 0 Å². The average molecular weight is 310 g/mol. The van der Waals surface area contributed by atoms with Gasteiger partial charge in [-0.2, -0.15) is 12.6 Å². The zero-order valence-corrected chi connectivity index (χ0v) is 12.4. The van der Waals surface area contributed by atoms with E-state index < -0.39 is 0 Å². The molecule has 1 aromatic carbocycles. The lowest BCUT2D eigenvalue weighted by molar-refractivity contribution is 0.622. The van der Waals surface area contributed by atoms with Gasteiger partial charge in [0.05, 0.1) is 5.52 Å². The maximum absolute atomic E-state index is 4.34. The topological polar surface area (TPSA) is 4.93 Å². The summed E-state index contributed by atoms with van der Waals surface area (Å²) in [6.07, 6.45) is 3.53. The summed E-state index contributed by atoms with van der Waals surface area (Å²) in [4.78, 5) is 0. The number of nitrogens with zero attached hydrogens (tertiary/aromatic N) is 1. The third-order valence-electron chi connectivity index (χ3n) is 3.71. The fraction of sp³-hybridized carbons (Fsp3) is 0.429. The van der Waals surface area contributed by atoms with Crippen LogP contribution in [0.4, 0.5) is 0 Å². The molecule has 1 aromatic heterocycles. The molecule has 3 rings (SSSR count). The molecule has 1 aliphatic heterocycles. The number of rotatable bonds is 2. The van der Waals surface area contributed by atoms with Crippen molar-refractivity contribution in [1.29, 1.82) is 0 Å². The van der Waals surface area contributed by atoms with Crippen molar-refractivity contribution in [3.63, 3.8) is 0 Å². The molecule has 0 aliphatic carbocycles. The lowest BCUT2D eigenvalue weighted by Crippen LogP contribution is -2.09. The Kier molecular flexibility index (Phi) is 2.99. The molecular formula is C14H16BrNS. The predicted molar refractivity (Wildman–Crippen MR) is 80.3 cm³/mol. The van der Waals surface area contributed by atoms with Crippen molar-refractivity contribution in [3.05, 3.63) is 33.4 Å². The summed E-state index contributed by atoms with van der Waals surface area (Å²) in [5.41, 5.74) is 5.74. The van der Waals surface area contributed by atoms with Gasteiger partial charge in [-0.25, -0.2) is 0 Å². The summed E-state index contributed by atoms with van der Waals surface area (Å²) in [5.74, 6) is 0.919. The van der Waals surface area contributed by atoms with Gasteiger partial charge in [0.25, 0.3) is 0 Å². The highest BCUT2D eigenvalue weighted by Gasteiger charge is 2.19. The van der Waals surface area contributed by atoms with E-state index in [4.69, 9.17) is 0 Å². The Labute approximate surface area is 116 Å². The molecule has 17 heavy (non-hydrogen) atoms. The Balaban J connectivity index is 2.33. The van der Waals surface area contributed by atoms with Crippen LogP contribution >= 0.6 is 28.6 Å². The molecule has 1 aliphatic rings. The average Bonchev–Trinajstić information content (AvgIpc) is 2.57. The monoisotopic (exact) mass is 309 g/mol. The number of hydrogen-bond donors (Lipinski definition) is 1. The van der Waals surface area contributed by atoms with Crippen LogP contribution in [-0.2, 0) is 19.4 Å². The number of aryl methyl sites for hydroxylation is 3. The van der Waals surface area contributed by atoms with Gasteiger partial charge in [0, 0.05) is 22.1 Å². The molecule has 0 bridgehead atoms. The summed E-state index contributed by atoms with van der Waals surface area (Å²) in [6.45, 7) is 3.37. The van der Waals surface area contributed by atoms with Crippen molar-refractivity contribution in [2.75, 3.05) is 5.75 Å². The number of aromatic nitrogens is 1. The van der Waals surface area contributed by atoms with Gasteiger partial charge in [0.1, 0.15) is 0 Å². The summed E-state index contributed by atoms with van der Waals surface area (Å²) in [5, 5.41) is 1.39. The second kappa shape index (κ2) is 4.36. The highest BCUT2D eigenvalue weighted by Crippen LogP contribution is 2.36. The molecule has 0 fully saturated rings. The van der Waals surface area contributed by atoms with E-state index in [1.54, 1.807) is 0 Å². The highest BCUT2D eigenvalue weighted by atomic mass is 79.9. The van der Waals surface area contributed by atoms with E-state index in [-0.39, 0.29) is 0 Å². The van der Waals surface area contributed by atoms with Gasteiger partial charge in [-0.15, -0.1) is 0 Å². The molecule has 0 saturated heterocycles. The van der Waals surface area contributed by atoms with Crippen LogP contribution in [0.25, 0.3) is 10.9 Å². The van der Waals surface area contributed by atoms with Crippen LogP contribution in [0.5, 0.6) is 0 Å². The Morgan fingerprint density at radius 2 is 2.24 bits per heavy atom. The van der Waals surface area contributed by atoms with E-state index in [1.165, 1.54) is 45.0 Å². The van der Waals surface area contributed by atoms with Gasteiger partial charge >= 0.3 is 0 Å². The Hall–Kier alpha value is -0.410. The molecule has 0 unspecified atom stereocenters. The molecule has 0 N–H and O–H groups in total. The van der Waals surface area contributed by atoms with Crippen molar-refractivity contribution < 1.29 is 0 Å². The van der Waals surface area contributed by atoms with Crippen molar-refractivity contribution in [2.24, 2.45) is 0 Å². The van der Waals surface area contributed by atoms with Crippen LogP contribution in [0.15, 0.2) is 16.6 Å². The third-order valence-corrected chi connectivity index (χ3v) is 4.93. The van der Waals surface area contributed by atoms with Crippen molar-refractivity contribution in [2.45, 2.75) is 32.7 Å². The first-order chi connectivity index (χ1) is 8.22. The number of hydrogen-bond acceptors (Lipinski definition) is 1. The van der Waals surface area contributed by atoms with Crippen LogP contribution in [0.3, 0.4) is 0 Å². The van der Waals surface area contributed by atoms with Gasteiger partial charge in [0.2, 0.25) is 0 Å². The van der Waals surface area contributed by atoms with Crippen LogP contribution in [0.1, 0.15) is 23.2 Å². The van der Waals surface area contributed by atoms with E-state index >= 15 is 0 Å². The van der Waals surface area contributed by atoms with Crippen LogP contribution in [0, 0.1) is 6.92 Å². The summed E-state index contributed by atoms with van der Waals surface area (Å²) >= 11 is 8.09. The van der Waals surface area contributed by atoms with E-state index in [9.17, 15) is 0 Å². The van der Waals surface area contributed by atoms with Crippen LogP contribution < -0.4 is 0 Å². The molecule has 2 heterocycles. The Bertz CT molecular complexity index is 586. The first kappa shape index (κ1) is 11.7. The predicted octanol–water partition coefficient (Wildman–Crippen LogP) is 4.13. The summed E-state index contributed by atoms with van der Waals surface area (Å²) in [7, 11) is 0. The van der Waals surface area contributed by atoms with Gasteiger partial charge < -0.3 is 4.57 Å². The lowest BCUT2D eigenvalue weighted by Gasteiger charge is -2.17. The fourth-order valence-electron chi connectivity index (χ4n) is 2.90. The molecule has 0 spiro atoms. The quantitative estimate of drug-likeness (QED) is 0.796. The standard InChI is InChI=1S/C14H16BrNS/c1-9-13(15)12-8-10(4-6-17)7-11-3-2-5-16(9)14(11)12/h7-8,17H,2-6H2,1H3. The van der Waals surface area contributed by atoms with Crippen molar-refractivity contribution >= 4 is 39.5 Å². The largest absolute Gasteiger partial charge is 0.343 e. The summed E-state index contributed by atoms with van der Waals surface area (Å²) in [6, 6.07) is 4.70. The zero-order valence-electron chi connectivity index (χ0n) is 9.96. The molecule has 90 valence electrons. The molecule has 0 amide bonds. The molecule has 0 radical (unpaired) electrons. The number of halogens is 1. The smallest absolute Gasteiger partial charge is 0.0526 e. The SMILES string of the molecule is Cc1c(Br)c2cc(CCS)cc3c2n1CCC3. The third kappa shape index (κ3) is 1.75. The minimum Gasteiger partial charge on any atom is -0.343 e. The molecule has 3 heteroatoms. The first-order valence-electron chi connectivity index (χ1n) is 6.13. The fourth-order valence-corrected chi connectivity index (χ4v) is 3.67. The Morgan fingerprint density at radius 1 is 1.41 bits per heavy atom. The maximum atomic E-state index is 4.34. The molecule has 1 nitrogen and oxygen atoms in total. The summed E-state index contributed by atoms with van der Waals surface area (Å²) < 4.78 is 3.74. The zero-order chi connectivity index (χ0) is 12.0. The number of thiol groups is 1. The van der Waals surface area contributed by atoms with E-state index in [2.05, 4.69) is 52.2 Å². The highest BCUT2D eigenvalue weighted by molar-refractivity contribution is 9.10. The first-order valence-corrected chi connectivity index (χ1v) is 7.56. The van der Waals surface area contributed by atoms with Crippen molar-refractivity contribution in [1.82, 2.24) is 4.57 Å². The minimum atomic E-state index is 0.919. The van der Waals surface area contributed by atoms with Gasteiger partial charge in [0.15, 0.2) is 0 Å². The molecule has 0 saturated carbocycles. The van der Waals surface area contributed by atoms with Gasteiger partial charge in [-0.05, 0) is 65.1 Å². The second-order valence-corrected chi connectivity index (χ2v) is 6.02. The van der Waals surface area contributed by atoms with E-state index in [0.29, 0.717) is 0 Å². The van der Waals surface area contributed by atoms with E-state index in [1.807, 2.05) is 0 Å². The van der Waals surface area contributed by atoms with Crippen LogP contribution in [-0.4, -0.2) is 10.3 Å². The lowest BCUT2D eigenvalue weighted by atomic mass is 9.99. The van der Waals surface area contributed by atoms with Gasteiger partial charge in [-0.1, -0.05) is 6.07 Å². The number of benzene rings is 1. The molecule has 0 atom stereocenters. The van der Waals surface area contributed by atoms with E-state index in [0.717, 1.165) is 18.7 Å². The Morgan fingerprint density at radius 3 is 3.00 bits per heavy atom. The minimum absolute atomic E-state index is 0.919. The van der Waals surface area contributed by atoms with Gasteiger partial charge in [-0.3, -0.25) is 0 Å². The maximum Gasteiger partial charge on any atom is 0.0526 e. The van der Waals surface area contributed by atoms with Crippen molar-refractivity contribution in [3.8, 4) is 0 Å². The normalized spacial score (nSPS) is 14.5.